The highest BCUT2D eigenvalue weighted by Crippen LogP contribution is 2.43. The molecule has 8 nitrogen and oxygen atoms in total. The first-order valence-corrected chi connectivity index (χ1v) is 19.0. The van der Waals surface area contributed by atoms with E-state index in [1.807, 2.05) is 0 Å². The van der Waals surface area contributed by atoms with E-state index in [9.17, 15) is 14.3 Å². The fourth-order valence-electron chi connectivity index (χ4n) is 4.94. The van der Waals surface area contributed by atoms with Crippen LogP contribution in [0, 0.1) is 0 Å². The lowest BCUT2D eigenvalue weighted by Gasteiger charge is -2.20. The molecule has 0 aromatic heterocycles. The van der Waals surface area contributed by atoms with Gasteiger partial charge in [-0.1, -0.05) is 149 Å². The number of phosphoric acid groups is 1. The van der Waals surface area contributed by atoms with Crippen LogP contribution in [0.3, 0.4) is 0 Å². The molecule has 0 spiro atoms. The first-order chi connectivity index (χ1) is 20.4. The van der Waals surface area contributed by atoms with Crippen molar-refractivity contribution in [1.82, 2.24) is 0 Å². The molecular weight excluding hydrogens is 553 g/mol. The third-order valence-corrected chi connectivity index (χ3v) is 8.51. The van der Waals surface area contributed by atoms with Gasteiger partial charge in [0.05, 0.1) is 19.8 Å². The van der Waals surface area contributed by atoms with E-state index in [1.165, 1.54) is 116 Å². The van der Waals surface area contributed by atoms with Crippen LogP contribution >= 0.6 is 7.82 Å². The van der Waals surface area contributed by atoms with Gasteiger partial charge in [-0.05, 0) is 12.8 Å². The summed E-state index contributed by atoms with van der Waals surface area (Å²) in [7, 11) is -4.25. The van der Waals surface area contributed by atoms with Gasteiger partial charge in [0.2, 0.25) is 0 Å². The summed E-state index contributed by atoms with van der Waals surface area (Å²) < 4.78 is 33.2. The molecule has 0 aromatic rings. The van der Waals surface area contributed by atoms with E-state index < -0.39 is 13.9 Å². The lowest BCUT2D eigenvalue weighted by atomic mass is 10.0. The quantitative estimate of drug-likeness (QED) is 0.0414. The maximum Gasteiger partial charge on any atom is 0.472 e. The number of phosphoric ester groups is 1. The highest BCUT2D eigenvalue weighted by molar-refractivity contribution is 7.47. The summed E-state index contributed by atoms with van der Waals surface area (Å²) in [5.74, 6) is -0.331. The minimum Gasteiger partial charge on any atom is -0.457 e. The second-order valence-electron chi connectivity index (χ2n) is 11.7. The zero-order valence-electron chi connectivity index (χ0n) is 27.5. The average Bonchev–Trinajstić information content (AvgIpc) is 2.97. The van der Waals surface area contributed by atoms with Crippen molar-refractivity contribution in [3.05, 3.63) is 0 Å². The minimum absolute atomic E-state index is 0.0908. The summed E-state index contributed by atoms with van der Waals surface area (Å²) in [6.07, 6.45) is 28.3. The summed E-state index contributed by atoms with van der Waals surface area (Å²) in [6, 6.07) is 0. The first-order valence-electron chi connectivity index (χ1n) is 17.5. The Morgan fingerprint density at radius 1 is 0.619 bits per heavy atom. The van der Waals surface area contributed by atoms with E-state index >= 15 is 0 Å². The molecule has 0 aliphatic heterocycles. The molecular formula is C33H68NO7P. The number of rotatable bonds is 34. The smallest absolute Gasteiger partial charge is 0.457 e. The molecule has 0 radical (unpaired) electrons. The van der Waals surface area contributed by atoms with Gasteiger partial charge >= 0.3 is 13.8 Å². The van der Waals surface area contributed by atoms with Crippen LogP contribution in [0.1, 0.15) is 168 Å². The van der Waals surface area contributed by atoms with Crippen molar-refractivity contribution in [3.8, 4) is 0 Å². The Kier molecular flexibility index (Phi) is 31.5. The van der Waals surface area contributed by atoms with Gasteiger partial charge in [0.1, 0.15) is 6.10 Å². The average molecular weight is 622 g/mol. The van der Waals surface area contributed by atoms with Crippen LogP contribution in [0.25, 0.3) is 0 Å². The van der Waals surface area contributed by atoms with Crippen LogP contribution in [-0.2, 0) is 27.9 Å². The molecule has 0 heterocycles. The molecule has 0 aliphatic carbocycles. The molecule has 0 saturated heterocycles. The minimum atomic E-state index is -4.25. The molecule has 0 fully saturated rings. The summed E-state index contributed by atoms with van der Waals surface area (Å²) in [5, 5.41) is 0. The fraction of sp³-hybridized carbons (Fsp3) is 0.970. The SMILES string of the molecule is CCCCCCCCCCCCCCCCOCC(COP(=O)(O)OCCN)OC(=O)CCCCCCCCCCC. The molecule has 0 saturated carbocycles. The van der Waals surface area contributed by atoms with Gasteiger partial charge in [0.25, 0.3) is 0 Å². The molecule has 0 aromatic carbocycles. The topological polar surface area (TPSA) is 117 Å². The number of esters is 1. The van der Waals surface area contributed by atoms with Crippen LogP contribution < -0.4 is 5.73 Å². The maximum atomic E-state index is 12.4. The van der Waals surface area contributed by atoms with E-state index in [2.05, 4.69) is 13.8 Å². The summed E-state index contributed by atoms with van der Waals surface area (Å²) >= 11 is 0. The van der Waals surface area contributed by atoms with Crippen molar-refractivity contribution >= 4 is 13.8 Å². The number of hydrogen-bond donors (Lipinski definition) is 2. The van der Waals surface area contributed by atoms with E-state index in [0.29, 0.717) is 13.0 Å². The monoisotopic (exact) mass is 621 g/mol. The molecule has 252 valence electrons. The molecule has 3 N–H and O–H groups in total. The number of ether oxygens (including phenoxy) is 2. The predicted octanol–water partition coefficient (Wildman–Crippen LogP) is 9.41. The molecule has 2 unspecified atom stereocenters. The van der Waals surface area contributed by atoms with Crippen molar-refractivity contribution in [3.63, 3.8) is 0 Å². The van der Waals surface area contributed by atoms with Gasteiger partial charge in [-0.2, -0.15) is 0 Å². The van der Waals surface area contributed by atoms with Crippen LogP contribution in [0.4, 0.5) is 0 Å². The van der Waals surface area contributed by atoms with E-state index in [1.54, 1.807) is 0 Å². The Morgan fingerprint density at radius 2 is 1.05 bits per heavy atom. The number of carbonyl (C=O) groups is 1. The van der Waals surface area contributed by atoms with Crippen LogP contribution in [0.15, 0.2) is 0 Å². The third-order valence-electron chi connectivity index (χ3n) is 7.52. The Balaban J connectivity index is 4.06. The Bertz CT molecular complexity index is 623. The zero-order valence-corrected chi connectivity index (χ0v) is 28.4. The normalized spacial score (nSPS) is 13.7. The first kappa shape index (κ1) is 41.5. The summed E-state index contributed by atoms with van der Waals surface area (Å²) in [6.45, 7) is 4.92. The maximum absolute atomic E-state index is 12.4. The van der Waals surface area contributed by atoms with Crippen LogP contribution in [-0.4, -0.2) is 49.9 Å². The van der Waals surface area contributed by atoms with E-state index in [4.69, 9.17) is 24.3 Å². The largest absolute Gasteiger partial charge is 0.472 e. The van der Waals surface area contributed by atoms with Gasteiger partial charge in [0.15, 0.2) is 0 Å². The van der Waals surface area contributed by atoms with Gasteiger partial charge in [-0.15, -0.1) is 0 Å². The van der Waals surface area contributed by atoms with Gasteiger partial charge in [-0.3, -0.25) is 13.8 Å². The van der Waals surface area contributed by atoms with E-state index in [0.717, 1.165) is 32.1 Å². The lowest BCUT2D eigenvalue weighted by Crippen LogP contribution is -2.28. The van der Waals surface area contributed by atoms with Crippen molar-refractivity contribution in [2.75, 3.05) is 33.0 Å². The van der Waals surface area contributed by atoms with Crippen molar-refractivity contribution < 1.29 is 32.8 Å². The zero-order chi connectivity index (χ0) is 31.0. The fourth-order valence-corrected chi connectivity index (χ4v) is 5.70. The molecule has 2 atom stereocenters. The second kappa shape index (κ2) is 31.9. The summed E-state index contributed by atoms with van der Waals surface area (Å²) in [5.41, 5.74) is 5.33. The predicted molar refractivity (Wildman–Crippen MR) is 174 cm³/mol. The highest BCUT2D eigenvalue weighted by atomic mass is 31.2. The molecule has 42 heavy (non-hydrogen) atoms. The van der Waals surface area contributed by atoms with Gasteiger partial charge in [0, 0.05) is 19.6 Å². The number of nitrogens with two attached hydrogens (primary N) is 1. The van der Waals surface area contributed by atoms with Gasteiger partial charge in [-0.25, -0.2) is 4.57 Å². The second-order valence-corrected chi connectivity index (χ2v) is 13.2. The molecule has 0 rings (SSSR count). The van der Waals surface area contributed by atoms with Crippen molar-refractivity contribution in [2.24, 2.45) is 5.73 Å². The Morgan fingerprint density at radius 3 is 1.50 bits per heavy atom. The molecule has 0 aliphatic rings. The standard InChI is InChI=1S/C33H68NO7P/c1-3-5-7-9-11-13-14-15-16-17-19-21-23-25-28-38-30-32(31-40-42(36,37)39-29-27-34)41-33(35)26-24-22-20-18-12-10-8-6-4-2/h32H,3-31,34H2,1-2H3,(H,36,37). The number of hydrogen-bond acceptors (Lipinski definition) is 7. The van der Waals surface area contributed by atoms with Gasteiger partial charge < -0.3 is 20.1 Å². The number of unbranched alkanes of at least 4 members (excludes halogenated alkanes) is 21. The summed E-state index contributed by atoms with van der Waals surface area (Å²) in [4.78, 5) is 22.2. The molecule has 0 amide bonds. The van der Waals surface area contributed by atoms with E-state index in [-0.39, 0.29) is 32.3 Å². The number of carbonyl (C=O) groups excluding carboxylic acids is 1. The molecule has 9 heteroatoms. The van der Waals surface area contributed by atoms with Crippen molar-refractivity contribution in [1.29, 1.82) is 0 Å². The lowest BCUT2D eigenvalue weighted by molar-refractivity contribution is -0.154. The van der Waals surface area contributed by atoms with Crippen LogP contribution in [0.5, 0.6) is 0 Å². The molecule has 0 bridgehead atoms. The Hall–Kier alpha value is -0.500. The Labute approximate surface area is 259 Å². The highest BCUT2D eigenvalue weighted by Gasteiger charge is 2.25. The van der Waals surface area contributed by atoms with Crippen molar-refractivity contribution in [2.45, 2.75) is 174 Å². The third kappa shape index (κ3) is 30.9. The van der Waals surface area contributed by atoms with Crippen LogP contribution in [0.2, 0.25) is 0 Å².